The molecule has 0 aliphatic heterocycles. The number of hydrogen-bond donors (Lipinski definition) is 2. The van der Waals surface area contributed by atoms with Crippen LogP contribution in [0.4, 0.5) is 0 Å². The molecule has 0 fully saturated rings. The van der Waals surface area contributed by atoms with Gasteiger partial charge in [-0.05, 0) is 38.5 Å². The Kier molecular flexibility index (Phi) is 5.67. The second kappa shape index (κ2) is 7.02. The first-order valence-electron chi connectivity index (χ1n) is 6.80. The molecule has 0 aliphatic rings. The monoisotopic (exact) mass is 265 g/mol. The van der Waals surface area contributed by atoms with E-state index in [1.165, 1.54) is 18.2 Å². The Morgan fingerprint density at radius 2 is 1.95 bits per heavy atom. The first kappa shape index (κ1) is 15.3. The van der Waals surface area contributed by atoms with Crippen LogP contribution in [-0.2, 0) is 0 Å². The van der Waals surface area contributed by atoms with Crippen molar-refractivity contribution in [2.24, 2.45) is 0 Å². The lowest BCUT2D eigenvalue weighted by Gasteiger charge is -2.27. The Labute approximate surface area is 114 Å². The van der Waals surface area contributed by atoms with E-state index in [1.807, 2.05) is 13.8 Å². The molecule has 0 bridgehead atoms. The average molecular weight is 265 g/mol. The molecular formula is C15H23NO3. The maximum Gasteiger partial charge on any atom is 0.257 e. The molecule has 0 radical (unpaired) electrons. The van der Waals surface area contributed by atoms with Gasteiger partial charge in [0.15, 0.2) is 0 Å². The number of unbranched alkanes of at least 4 members (excludes halogenated alkanes) is 2. The smallest absolute Gasteiger partial charge is 0.257 e. The van der Waals surface area contributed by atoms with Crippen LogP contribution in [0.2, 0.25) is 0 Å². The van der Waals surface area contributed by atoms with Gasteiger partial charge in [-0.1, -0.05) is 19.8 Å². The van der Waals surface area contributed by atoms with Crippen LogP contribution in [0.5, 0.6) is 11.5 Å². The molecule has 0 unspecified atom stereocenters. The number of hydrogen-bond acceptors (Lipinski definition) is 3. The Morgan fingerprint density at radius 3 is 2.53 bits per heavy atom. The molecule has 0 spiro atoms. The van der Waals surface area contributed by atoms with E-state index in [0.717, 1.165) is 19.3 Å². The summed E-state index contributed by atoms with van der Waals surface area (Å²) in [5.74, 6) is -0.346. The van der Waals surface area contributed by atoms with Crippen molar-refractivity contribution in [2.75, 3.05) is 6.54 Å². The van der Waals surface area contributed by atoms with Crippen LogP contribution < -0.4 is 0 Å². The fourth-order valence-corrected chi connectivity index (χ4v) is 1.98. The number of amides is 1. The fourth-order valence-electron chi connectivity index (χ4n) is 1.98. The average Bonchev–Trinajstić information content (AvgIpc) is 2.36. The maximum absolute atomic E-state index is 12.4. The highest BCUT2D eigenvalue weighted by Gasteiger charge is 2.21. The van der Waals surface area contributed by atoms with Gasteiger partial charge in [0.2, 0.25) is 0 Å². The van der Waals surface area contributed by atoms with Gasteiger partial charge >= 0.3 is 0 Å². The van der Waals surface area contributed by atoms with Crippen molar-refractivity contribution in [3.05, 3.63) is 23.8 Å². The van der Waals surface area contributed by atoms with Crippen LogP contribution in [0.25, 0.3) is 0 Å². The summed E-state index contributed by atoms with van der Waals surface area (Å²) < 4.78 is 0. The number of phenols is 2. The highest BCUT2D eigenvalue weighted by Crippen LogP contribution is 2.24. The summed E-state index contributed by atoms with van der Waals surface area (Å²) in [4.78, 5) is 14.1. The molecular weight excluding hydrogens is 242 g/mol. The van der Waals surface area contributed by atoms with Gasteiger partial charge < -0.3 is 15.1 Å². The molecule has 0 atom stereocenters. The lowest BCUT2D eigenvalue weighted by atomic mass is 10.1. The molecule has 19 heavy (non-hydrogen) atoms. The van der Waals surface area contributed by atoms with Crippen molar-refractivity contribution in [3.8, 4) is 11.5 Å². The number of carbonyl (C=O) groups is 1. The summed E-state index contributed by atoms with van der Waals surface area (Å²) in [6, 6.07) is 4.08. The van der Waals surface area contributed by atoms with E-state index in [2.05, 4.69) is 6.92 Å². The number of aromatic hydroxyl groups is 2. The highest BCUT2D eigenvalue weighted by molar-refractivity contribution is 5.97. The second-order valence-corrected chi connectivity index (χ2v) is 5.00. The molecule has 4 heteroatoms. The Bertz CT molecular complexity index is 429. The Balaban J connectivity index is 2.89. The molecule has 106 valence electrons. The van der Waals surface area contributed by atoms with Gasteiger partial charge in [0.1, 0.15) is 11.5 Å². The first-order chi connectivity index (χ1) is 8.97. The number of benzene rings is 1. The minimum Gasteiger partial charge on any atom is -0.508 e. The van der Waals surface area contributed by atoms with E-state index in [9.17, 15) is 15.0 Å². The van der Waals surface area contributed by atoms with Crippen molar-refractivity contribution in [1.29, 1.82) is 0 Å². The number of phenolic OH excluding ortho intramolecular Hbond substituents is 2. The maximum atomic E-state index is 12.4. The molecule has 2 N–H and O–H groups in total. The van der Waals surface area contributed by atoms with Gasteiger partial charge in [-0.3, -0.25) is 4.79 Å². The van der Waals surface area contributed by atoms with E-state index < -0.39 is 0 Å². The van der Waals surface area contributed by atoms with E-state index in [-0.39, 0.29) is 29.0 Å². The summed E-state index contributed by atoms with van der Waals surface area (Å²) in [7, 11) is 0. The zero-order chi connectivity index (χ0) is 14.4. The summed E-state index contributed by atoms with van der Waals surface area (Å²) in [5, 5.41) is 19.2. The van der Waals surface area contributed by atoms with Gasteiger partial charge in [0, 0.05) is 12.6 Å². The van der Waals surface area contributed by atoms with Crippen molar-refractivity contribution >= 4 is 5.91 Å². The standard InChI is InChI=1S/C15H23NO3/c1-4-5-6-9-16(11(2)3)15(19)13-10-12(17)7-8-14(13)18/h7-8,10-11,17-18H,4-6,9H2,1-3H3. The largest absolute Gasteiger partial charge is 0.508 e. The zero-order valence-electron chi connectivity index (χ0n) is 11.9. The van der Waals surface area contributed by atoms with Crippen molar-refractivity contribution in [2.45, 2.75) is 46.1 Å². The van der Waals surface area contributed by atoms with Crippen molar-refractivity contribution in [1.82, 2.24) is 4.90 Å². The van der Waals surface area contributed by atoms with Crippen molar-refractivity contribution in [3.63, 3.8) is 0 Å². The van der Waals surface area contributed by atoms with Gasteiger partial charge in [0.25, 0.3) is 5.91 Å². The molecule has 1 rings (SSSR count). The molecule has 1 aromatic rings. The predicted octanol–water partition coefficient (Wildman–Crippen LogP) is 3.14. The van der Waals surface area contributed by atoms with E-state index in [0.29, 0.717) is 6.54 Å². The number of carbonyl (C=O) groups excluding carboxylic acids is 1. The van der Waals surface area contributed by atoms with Gasteiger partial charge in [-0.2, -0.15) is 0 Å². The minimum atomic E-state index is -0.237. The molecule has 0 aromatic heterocycles. The molecule has 1 aromatic carbocycles. The van der Waals surface area contributed by atoms with E-state index in [4.69, 9.17) is 0 Å². The van der Waals surface area contributed by atoms with E-state index in [1.54, 1.807) is 4.90 Å². The van der Waals surface area contributed by atoms with Crippen LogP contribution in [0.1, 0.15) is 50.4 Å². The van der Waals surface area contributed by atoms with Crippen LogP contribution in [0, 0.1) is 0 Å². The number of rotatable bonds is 6. The summed E-state index contributed by atoms with van der Waals surface area (Å²) in [6.45, 7) is 6.68. The molecule has 4 nitrogen and oxygen atoms in total. The van der Waals surface area contributed by atoms with Gasteiger partial charge in [-0.25, -0.2) is 0 Å². The second-order valence-electron chi connectivity index (χ2n) is 5.00. The van der Waals surface area contributed by atoms with E-state index >= 15 is 0 Å². The predicted molar refractivity (Wildman–Crippen MR) is 75.5 cm³/mol. The molecule has 0 heterocycles. The molecule has 1 amide bonds. The van der Waals surface area contributed by atoms with Crippen LogP contribution in [0.3, 0.4) is 0 Å². The molecule has 0 saturated heterocycles. The Morgan fingerprint density at radius 1 is 1.26 bits per heavy atom. The SMILES string of the molecule is CCCCCN(C(=O)c1cc(O)ccc1O)C(C)C. The summed E-state index contributed by atoms with van der Waals surface area (Å²) in [6.07, 6.45) is 3.11. The fraction of sp³-hybridized carbons (Fsp3) is 0.533. The van der Waals surface area contributed by atoms with Crippen molar-refractivity contribution < 1.29 is 15.0 Å². The highest BCUT2D eigenvalue weighted by atomic mass is 16.3. The normalized spacial score (nSPS) is 10.7. The summed E-state index contributed by atoms with van der Waals surface area (Å²) >= 11 is 0. The third kappa shape index (κ3) is 4.16. The third-order valence-corrected chi connectivity index (χ3v) is 3.10. The number of nitrogens with zero attached hydrogens (tertiary/aromatic N) is 1. The zero-order valence-corrected chi connectivity index (χ0v) is 11.9. The van der Waals surface area contributed by atoms with Crippen LogP contribution in [-0.4, -0.2) is 33.6 Å². The molecule has 0 saturated carbocycles. The van der Waals surface area contributed by atoms with Crippen LogP contribution in [0.15, 0.2) is 18.2 Å². The first-order valence-corrected chi connectivity index (χ1v) is 6.80. The minimum absolute atomic E-state index is 0.0154. The third-order valence-electron chi connectivity index (χ3n) is 3.10. The lowest BCUT2D eigenvalue weighted by Crippen LogP contribution is -2.37. The topological polar surface area (TPSA) is 60.8 Å². The van der Waals surface area contributed by atoms with Gasteiger partial charge in [0.05, 0.1) is 5.56 Å². The summed E-state index contributed by atoms with van der Waals surface area (Å²) in [5.41, 5.74) is 0.158. The van der Waals surface area contributed by atoms with Crippen LogP contribution >= 0.6 is 0 Å². The lowest BCUT2D eigenvalue weighted by molar-refractivity contribution is 0.0699. The molecule has 0 aliphatic carbocycles. The Hall–Kier alpha value is -1.71. The van der Waals surface area contributed by atoms with Gasteiger partial charge in [-0.15, -0.1) is 0 Å². The quantitative estimate of drug-likeness (QED) is 0.613.